The summed E-state index contributed by atoms with van der Waals surface area (Å²) in [5.74, 6) is -3.56. The first kappa shape index (κ1) is 29.3. The van der Waals surface area contributed by atoms with E-state index in [1.165, 1.54) is 24.8 Å². The number of benzene rings is 1. The quantitative estimate of drug-likeness (QED) is 0.338. The van der Waals surface area contributed by atoms with Crippen molar-refractivity contribution in [2.24, 2.45) is 5.92 Å². The molecule has 2 aromatic rings. The van der Waals surface area contributed by atoms with Crippen LogP contribution in [0.5, 0.6) is 0 Å². The first-order chi connectivity index (χ1) is 18.5. The first-order valence-electron chi connectivity index (χ1n) is 12.1. The Hall–Kier alpha value is -4.26. The van der Waals surface area contributed by atoms with E-state index in [9.17, 15) is 24.3 Å². The first-order valence-corrected chi connectivity index (χ1v) is 12.1. The number of aliphatic hydroxyl groups is 1. The van der Waals surface area contributed by atoms with Crippen molar-refractivity contribution in [1.29, 1.82) is 0 Å². The van der Waals surface area contributed by atoms with Crippen LogP contribution in [0.15, 0.2) is 42.3 Å². The number of hydrogen-bond donors (Lipinski definition) is 1. The Balaban J connectivity index is 2.02. The predicted molar refractivity (Wildman–Crippen MR) is 132 cm³/mol. The molecule has 0 radical (unpaired) electrons. The number of methoxy groups -OCH3 is 1. The molecule has 13 nitrogen and oxygen atoms in total. The highest BCUT2D eigenvalue weighted by Gasteiger charge is 2.46. The molecule has 0 amide bonds. The molecule has 0 spiro atoms. The van der Waals surface area contributed by atoms with Crippen molar-refractivity contribution in [3.8, 4) is 11.3 Å². The molecule has 0 saturated carbocycles. The lowest BCUT2D eigenvalue weighted by Gasteiger charge is -2.40. The van der Waals surface area contributed by atoms with Crippen molar-refractivity contribution in [1.82, 2.24) is 15.0 Å². The van der Waals surface area contributed by atoms with Crippen LogP contribution >= 0.6 is 0 Å². The van der Waals surface area contributed by atoms with Gasteiger partial charge in [-0.05, 0) is 11.6 Å². The van der Waals surface area contributed by atoms with E-state index >= 15 is 0 Å². The van der Waals surface area contributed by atoms with E-state index in [0.29, 0.717) is 5.69 Å². The van der Waals surface area contributed by atoms with Gasteiger partial charge >= 0.3 is 23.9 Å². The minimum absolute atomic E-state index is 0.0929. The molecule has 1 aromatic heterocycles. The smallest absolute Gasteiger partial charge is 0.373 e. The molecule has 39 heavy (non-hydrogen) atoms. The van der Waals surface area contributed by atoms with Crippen molar-refractivity contribution >= 4 is 23.9 Å². The molecule has 1 aliphatic rings. The number of esters is 4. The second-order valence-electron chi connectivity index (χ2n) is 8.92. The van der Waals surface area contributed by atoms with Gasteiger partial charge in [0.05, 0.1) is 26.0 Å². The Bertz CT molecular complexity index is 1220. The molecule has 1 aromatic carbocycles. The van der Waals surface area contributed by atoms with Crippen LogP contribution in [0.2, 0.25) is 0 Å². The summed E-state index contributed by atoms with van der Waals surface area (Å²) in [6, 6.07) is 6.47. The number of hydrogen-bond acceptors (Lipinski definition) is 12. The highest BCUT2D eigenvalue weighted by atomic mass is 16.6. The van der Waals surface area contributed by atoms with E-state index in [2.05, 4.69) is 10.3 Å². The highest BCUT2D eigenvalue weighted by molar-refractivity contribution is 5.86. The molecule has 0 aliphatic carbocycles. The van der Waals surface area contributed by atoms with E-state index in [4.69, 9.17) is 23.7 Å². The number of rotatable bonds is 10. The lowest BCUT2D eigenvalue weighted by molar-refractivity contribution is -0.190. The molecule has 210 valence electrons. The fourth-order valence-corrected chi connectivity index (χ4v) is 4.19. The predicted octanol–water partition coefficient (Wildman–Crippen LogP) is 1.50. The fraction of sp³-hybridized carbons (Fsp3) is 0.462. The van der Waals surface area contributed by atoms with Crippen molar-refractivity contribution in [3.63, 3.8) is 0 Å². The Morgan fingerprint density at radius 1 is 1.05 bits per heavy atom. The van der Waals surface area contributed by atoms with Crippen LogP contribution in [0.3, 0.4) is 0 Å². The van der Waals surface area contributed by atoms with Gasteiger partial charge in [-0.15, -0.1) is 5.10 Å². The van der Waals surface area contributed by atoms with Crippen LogP contribution in [0.1, 0.15) is 39.3 Å². The van der Waals surface area contributed by atoms with Gasteiger partial charge in [0, 0.05) is 32.3 Å². The van der Waals surface area contributed by atoms with E-state index < -0.39 is 60.8 Å². The van der Waals surface area contributed by atoms with Crippen molar-refractivity contribution in [2.45, 2.75) is 58.7 Å². The molecule has 5 atom stereocenters. The average molecular weight is 546 g/mol. The average Bonchev–Trinajstić information content (AvgIpc) is 3.39. The number of allylic oxidation sites excluding steroid dienone is 1. The molecule has 3 rings (SSSR count). The lowest BCUT2D eigenvalue weighted by atomic mass is 9.87. The van der Waals surface area contributed by atoms with Crippen LogP contribution in [-0.4, -0.2) is 76.0 Å². The summed E-state index contributed by atoms with van der Waals surface area (Å²) in [7, 11) is 1.18. The minimum atomic E-state index is -1.27. The van der Waals surface area contributed by atoms with Crippen molar-refractivity contribution in [3.05, 3.63) is 47.9 Å². The Morgan fingerprint density at radius 2 is 1.72 bits per heavy atom. The lowest BCUT2D eigenvalue weighted by Crippen LogP contribution is -2.52. The van der Waals surface area contributed by atoms with E-state index in [1.807, 2.05) is 0 Å². The SMILES string of the molecule is COC(=O)C1=C[C@H](n2cc(-c3ccc(CO)cc3)nn2)[C@@H](C)[C@H]([C@H](OC(C)=O)[C@@H](COC(C)=O)OC(C)=O)O1. The van der Waals surface area contributed by atoms with Gasteiger partial charge in [-0.25, -0.2) is 9.48 Å². The molecule has 0 fully saturated rings. The van der Waals surface area contributed by atoms with Gasteiger partial charge in [-0.1, -0.05) is 36.4 Å². The Kier molecular flexibility index (Phi) is 9.77. The van der Waals surface area contributed by atoms with Crippen LogP contribution in [0, 0.1) is 5.92 Å². The molecular weight excluding hydrogens is 514 g/mol. The maximum atomic E-state index is 12.5. The van der Waals surface area contributed by atoms with E-state index in [0.717, 1.165) is 25.0 Å². The van der Waals surface area contributed by atoms with E-state index in [-0.39, 0.29) is 12.4 Å². The summed E-state index contributed by atoms with van der Waals surface area (Å²) in [5, 5.41) is 17.8. The molecule has 0 bridgehead atoms. The zero-order valence-electron chi connectivity index (χ0n) is 22.2. The monoisotopic (exact) mass is 545 g/mol. The highest BCUT2D eigenvalue weighted by Crippen LogP contribution is 2.36. The van der Waals surface area contributed by atoms with Gasteiger partial charge in [-0.3, -0.25) is 14.4 Å². The van der Waals surface area contributed by atoms with Gasteiger partial charge in [0.1, 0.15) is 18.4 Å². The Labute approximate surface area is 224 Å². The number of aromatic nitrogens is 3. The van der Waals surface area contributed by atoms with Gasteiger partial charge in [0.25, 0.3) is 0 Å². The number of aliphatic hydroxyl groups excluding tert-OH is 1. The van der Waals surface area contributed by atoms with Gasteiger partial charge < -0.3 is 28.8 Å². The maximum Gasteiger partial charge on any atom is 0.373 e. The zero-order chi connectivity index (χ0) is 28.7. The van der Waals surface area contributed by atoms with E-state index in [1.54, 1.807) is 37.4 Å². The van der Waals surface area contributed by atoms with Crippen LogP contribution < -0.4 is 0 Å². The van der Waals surface area contributed by atoms with Gasteiger partial charge in [-0.2, -0.15) is 0 Å². The van der Waals surface area contributed by atoms with Crippen molar-refractivity contribution in [2.75, 3.05) is 13.7 Å². The summed E-state index contributed by atoms with van der Waals surface area (Å²) in [6.07, 6.45) is -0.388. The zero-order valence-corrected chi connectivity index (χ0v) is 22.2. The number of carbonyl (C=O) groups excluding carboxylic acids is 4. The fourth-order valence-electron chi connectivity index (χ4n) is 4.19. The number of nitrogens with zero attached hydrogens (tertiary/aromatic N) is 3. The van der Waals surface area contributed by atoms with Crippen LogP contribution in [-0.2, 0) is 49.5 Å². The molecule has 1 aliphatic heterocycles. The third kappa shape index (κ3) is 7.41. The van der Waals surface area contributed by atoms with Crippen LogP contribution in [0.4, 0.5) is 0 Å². The topological polar surface area (TPSA) is 165 Å². The standard InChI is InChI=1S/C26H31N3O10/c1-14-21(29-11-20(27-28-29)19-8-6-18(12-30)7-9-19)10-22(26(34)35-5)39-24(14)25(38-17(4)33)23(37-16(3)32)13-36-15(2)31/h6-11,14,21,23-25,30H,12-13H2,1-5H3/t14-,21+,23-,24-,25-/m1/s1. The number of ether oxygens (including phenoxy) is 5. The summed E-state index contributed by atoms with van der Waals surface area (Å²) < 4.78 is 28.3. The third-order valence-corrected chi connectivity index (χ3v) is 6.04. The maximum absolute atomic E-state index is 12.5. The minimum Gasteiger partial charge on any atom is -0.479 e. The molecular formula is C26H31N3O10. The van der Waals surface area contributed by atoms with Gasteiger partial charge in [0.15, 0.2) is 12.2 Å². The third-order valence-electron chi connectivity index (χ3n) is 6.04. The largest absolute Gasteiger partial charge is 0.479 e. The Morgan fingerprint density at radius 3 is 2.28 bits per heavy atom. The summed E-state index contributed by atoms with van der Waals surface area (Å²) in [6.45, 7) is 4.76. The second-order valence-corrected chi connectivity index (χ2v) is 8.92. The van der Waals surface area contributed by atoms with Gasteiger partial charge in [0.2, 0.25) is 5.76 Å². The normalized spacial score (nSPS) is 20.1. The second kappa shape index (κ2) is 13.0. The van der Waals surface area contributed by atoms with Crippen LogP contribution in [0.25, 0.3) is 11.3 Å². The molecule has 2 heterocycles. The summed E-state index contributed by atoms with van der Waals surface area (Å²) in [4.78, 5) is 48.0. The molecule has 13 heteroatoms. The molecule has 0 saturated heterocycles. The van der Waals surface area contributed by atoms with Crippen molar-refractivity contribution < 1.29 is 48.0 Å². The number of carbonyl (C=O) groups is 4. The summed E-state index contributed by atoms with van der Waals surface area (Å²) >= 11 is 0. The summed E-state index contributed by atoms with van der Waals surface area (Å²) in [5.41, 5.74) is 2.03. The molecule has 1 N–H and O–H groups in total. The molecule has 0 unspecified atom stereocenters.